The van der Waals surface area contributed by atoms with Crippen molar-refractivity contribution in [2.24, 2.45) is 0 Å². The number of rotatable bonds is 2. The fourth-order valence-corrected chi connectivity index (χ4v) is 3.76. The second-order valence-corrected chi connectivity index (χ2v) is 6.82. The molecule has 0 bridgehead atoms. The van der Waals surface area contributed by atoms with Crippen molar-refractivity contribution >= 4 is 35.6 Å². The van der Waals surface area contributed by atoms with Gasteiger partial charge in [-0.25, -0.2) is 9.97 Å². The molecule has 0 aromatic carbocycles. The number of halogens is 1. The summed E-state index contributed by atoms with van der Waals surface area (Å²) in [5, 5.41) is 9.38. The number of nitrogens with zero attached hydrogens (tertiary/aromatic N) is 3. The van der Waals surface area contributed by atoms with Gasteiger partial charge in [-0.05, 0) is 38.6 Å². The van der Waals surface area contributed by atoms with Crippen LogP contribution in [0.1, 0.15) is 34.5 Å². The largest absolute Gasteiger partial charge is 0.383 e. The van der Waals surface area contributed by atoms with Crippen molar-refractivity contribution in [1.82, 2.24) is 25.2 Å². The first kappa shape index (κ1) is 19.1. The van der Waals surface area contributed by atoms with Gasteiger partial charge < -0.3 is 21.7 Å². The van der Waals surface area contributed by atoms with Crippen molar-refractivity contribution in [2.75, 3.05) is 24.1 Å². The fourth-order valence-electron chi connectivity index (χ4n) is 3.76. The van der Waals surface area contributed by atoms with Crippen LogP contribution in [0.2, 0.25) is 0 Å². The number of carbonyl (C=O) groups is 1. The number of aryl methyl sites for hydroxylation is 1. The highest BCUT2D eigenvalue weighted by molar-refractivity contribution is 5.97. The lowest BCUT2D eigenvalue weighted by molar-refractivity contribution is 0.0886. The molecule has 2 aliphatic heterocycles. The van der Waals surface area contributed by atoms with E-state index in [4.69, 9.17) is 5.73 Å². The third-order valence-corrected chi connectivity index (χ3v) is 5.19. The molecule has 5 N–H and O–H groups in total. The zero-order chi connectivity index (χ0) is 18.5. The molecule has 1 fully saturated rings. The van der Waals surface area contributed by atoms with E-state index >= 15 is 0 Å². The molecule has 0 aliphatic carbocycles. The zero-order valence-corrected chi connectivity index (χ0v) is 15.9. The van der Waals surface area contributed by atoms with Gasteiger partial charge in [-0.1, -0.05) is 0 Å². The maximum atomic E-state index is 13.2. The maximum absolute atomic E-state index is 13.2. The van der Waals surface area contributed by atoms with Gasteiger partial charge in [-0.2, -0.15) is 0 Å². The summed E-state index contributed by atoms with van der Waals surface area (Å²) in [4.78, 5) is 33.9. The minimum atomic E-state index is -0.670. The van der Waals surface area contributed by atoms with Gasteiger partial charge in [0.15, 0.2) is 0 Å². The molecule has 9 nitrogen and oxygen atoms in total. The number of carbonyl (C=O) groups excluding carboxylic acids is 1. The molecule has 10 heteroatoms. The van der Waals surface area contributed by atoms with E-state index in [1.165, 1.54) is 6.33 Å². The molecule has 27 heavy (non-hydrogen) atoms. The number of nitrogens with one attached hydrogen (secondary N) is 3. The second kappa shape index (κ2) is 6.82. The molecule has 144 valence electrons. The van der Waals surface area contributed by atoms with Crippen molar-refractivity contribution < 1.29 is 4.79 Å². The number of piperidine rings is 1. The van der Waals surface area contributed by atoms with Crippen molar-refractivity contribution in [2.45, 2.75) is 32.4 Å². The van der Waals surface area contributed by atoms with Crippen LogP contribution in [0, 0.1) is 13.8 Å². The molecule has 0 unspecified atom stereocenters. The van der Waals surface area contributed by atoms with Crippen LogP contribution in [0.4, 0.5) is 17.3 Å². The van der Waals surface area contributed by atoms with Gasteiger partial charge in [0, 0.05) is 18.4 Å². The predicted octanol–water partition coefficient (Wildman–Crippen LogP) is 0.782. The Kier molecular flexibility index (Phi) is 4.83. The van der Waals surface area contributed by atoms with Crippen LogP contribution < -0.4 is 27.2 Å². The summed E-state index contributed by atoms with van der Waals surface area (Å²) in [7, 11) is 0. The summed E-state index contributed by atoms with van der Waals surface area (Å²) in [5.74, 6) is 0.633. The Balaban J connectivity index is 0.00000210. The topological polar surface area (TPSA) is 127 Å². The SMILES string of the molecule is Cc1cc(Nc2ncnc(N)c2C)c(=O)n2c1C(=O)NC21CCNCC1.Cl. The lowest BCUT2D eigenvalue weighted by Crippen LogP contribution is -2.53. The molecule has 1 saturated heterocycles. The summed E-state index contributed by atoms with van der Waals surface area (Å²) in [6.45, 7) is 5.10. The van der Waals surface area contributed by atoms with E-state index in [2.05, 4.69) is 25.9 Å². The number of hydrogen-bond donors (Lipinski definition) is 4. The molecule has 0 saturated carbocycles. The standard InChI is InChI=1S/C17H21N7O2.ClH/c1-9-7-11(22-14-10(2)13(18)20-8-21-14)16(26)24-12(9)15(25)23-17(24)3-5-19-6-4-17;/h7-8,19H,3-6H2,1-2H3,(H,23,25)(H3,18,20,21,22);1H. The summed E-state index contributed by atoms with van der Waals surface area (Å²) in [6.07, 6.45) is 2.67. The van der Waals surface area contributed by atoms with Gasteiger partial charge in [0.25, 0.3) is 11.5 Å². The minimum absolute atomic E-state index is 0. The van der Waals surface area contributed by atoms with E-state index in [0.717, 1.165) is 18.7 Å². The fraction of sp³-hybridized carbons (Fsp3) is 0.412. The third-order valence-electron chi connectivity index (χ3n) is 5.19. The summed E-state index contributed by atoms with van der Waals surface area (Å²) < 4.78 is 1.62. The Morgan fingerprint density at radius 1 is 1.22 bits per heavy atom. The van der Waals surface area contributed by atoms with E-state index in [0.29, 0.717) is 41.4 Å². The quantitative estimate of drug-likeness (QED) is 0.595. The normalized spacial score (nSPS) is 17.2. The maximum Gasteiger partial charge on any atom is 0.276 e. The van der Waals surface area contributed by atoms with Crippen molar-refractivity contribution in [3.63, 3.8) is 0 Å². The van der Waals surface area contributed by atoms with E-state index in [9.17, 15) is 9.59 Å². The number of aromatic nitrogens is 3. The number of anilines is 3. The number of fused-ring (bicyclic) bond motifs is 2. The molecule has 0 radical (unpaired) electrons. The Morgan fingerprint density at radius 2 is 1.93 bits per heavy atom. The highest BCUT2D eigenvalue weighted by Gasteiger charge is 2.45. The summed E-state index contributed by atoms with van der Waals surface area (Å²) in [6, 6.07) is 1.69. The highest BCUT2D eigenvalue weighted by atomic mass is 35.5. The first-order valence-corrected chi connectivity index (χ1v) is 8.57. The van der Waals surface area contributed by atoms with Gasteiger partial charge in [-0.15, -0.1) is 12.4 Å². The number of pyridine rings is 1. The van der Waals surface area contributed by atoms with Gasteiger partial charge in [0.2, 0.25) is 0 Å². The van der Waals surface area contributed by atoms with Crippen molar-refractivity contribution in [1.29, 1.82) is 0 Å². The van der Waals surface area contributed by atoms with Gasteiger partial charge in [0.05, 0.1) is 0 Å². The number of hydrogen-bond acceptors (Lipinski definition) is 7. The lowest BCUT2D eigenvalue weighted by atomic mass is 9.98. The molecule has 1 amide bonds. The van der Waals surface area contributed by atoms with E-state index in [1.807, 2.05) is 6.92 Å². The van der Waals surface area contributed by atoms with Crippen LogP contribution >= 0.6 is 12.4 Å². The van der Waals surface area contributed by atoms with Crippen LogP contribution in [0.3, 0.4) is 0 Å². The van der Waals surface area contributed by atoms with Gasteiger partial charge in [-0.3, -0.25) is 14.2 Å². The average molecular weight is 392 g/mol. The number of amides is 1. The van der Waals surface area contributed by atoms with Crippen molar-refractivity contribution in [3.8, 4) is 0 Å². The average Bonchev–Trinajstić information content (AvgIpc) is 2.89. The summed E-state index contributed by atoms with van der Waals surface area (Å²) >= 11 is 0. The van der Waals surface area contributed by atoms with Crippen LogP contribution in [-0.2, 0) is 5.66 Å². The molecule has 4 rings (SSSR count). The Labute approximate surface area is 162 Å². The monoisotopic (exact) mass is 391 g/mol. The molecule has 4 heterocycles. The summed E-state index contributed by atoms with van der Waals surface area (Å²) in [5.41, 5.74) is 7.11. The lowest BCUT2D eigenvalue weighted by Gasteiger charge is -2.35. The molecule has 0 atom stereocenters. The molecular weight excluding hydrogens is 370 g/mol. The molecule has 2 aliphatic rings. The van der Waals surface area contributed by atoms with E-state index in [-0.39, 0.29) is 23.9 Å². The number of nitrogen functional groups attached to an aromatic ring is 1. The van der Waals surface area contributed by atoms with Gasteiger partial charge >= 0.3 is 0 Å². The predicted molar refractivity (Wildman–Crippen MR) is 105 cm³/mol. The van der Waals surface area contributed by atoms with E-state index in [1.54, 1.807) is 17.6 Å². The third kappa shape index (κ3) is 2.92. The van der Waals surface area contributed by atoms with Crippen LogP contribution in [-0.4, -0.2) is 33.5 Å². The van der Waals surface area contributed by atoms with Gasteiger partial charge in [0.1, 0.15) is 35.0 Å². The first-order valence-electron chi connectivity index (χ1n) is 8.57. The van der Waals surface area contributed by atoms with Crippen LogP contribution in [0.15, 0.2) is 17.2 Å². The molecule has 2 aromatic rings. The van der Waals surface area contributed by atoms with Crippen molar-refractivity contribution in [3.05, 3.63) is 39.6 Å². The Bertz CT molecular complexity index is 966. The molecule has 1 spiro atoms. The van der Waals surface area contributed by atoms with Crippen LogP contribution in [0.5, 0.6) is 0 Å². The highest BCUT2D eigenvalue weighted by Crippen LogP contribution is 2.32. The Morgan fingerprint density at radius 3 is 2.63 bits per heavy atom. The minimum Gasteiger partial charge on any atom is -0.383 e. The smallest absolute Gasteiger partial charge is 0.276 e. The van der Waals surface area contributed by atoms with Crippen LogP contribution in [0.25, 0.3) is 0 Å². The Hall–Kier alpha value is -2.65. The number of nitrogens with two attached hydrogens (primary N) is 1. The molecular formula is C17H22ClN7O2. The zero-order valence-electron chi connectivity index (χ0n) is 15.1. The first-order chi connectivity index (χ1) is 12.4. The second-order valence-electron chi connectivity index (χ2n) is 6.82. The molecule has 2 aromatic heterocycles. The van der Waals surface area contributed by atoms with E-state index < -0.39 is 5.66 Å².